The number of carboxylic acid groups (broad SMARTS) is 1. The third kappa shape index (κ3) is 3.31. The van der Waals surface area contributed by atoms with Gasteiger partial charge in [0.15, 0.2) is 0 Å². The van der Waals surface area contributed by atoms with Gasteiger partial charge in [0.2, 0.25) is 5.91 Å². The minimum atomic E-state index is -1.04. The molecule has 4 nitrogen and oxygen atoms in total. The van der Waals surface area contributed by atoms with E-state index in [2.05, 4.69) is 5.32 Å². The minimum Gasteiger partial charge on any atom is -0.478 e. The SMILES string of the molecule is CC(C)C(C)C(=O)Nc1ccccc1C(=O)O. The highest BCUT2D eigenvalue weighted by molar-refractivity contribution is 6.01. The van der Waals surface area contributed by atoms with E-state index in [1.54, 1.807) is 18.2 Å². The van der Waals surface area contributed by atoms with Gasteiger partial charge in [0, 0.05) is 5.92 Å². The fourth-order valence-corrected chi connectivity index (χ4v) is 1.33. The quantitative estimate of drug-likeness (QED) is 0.843. The van der Waals surface area contributed by atoms with E-state index < -0.39 is 5.97 Å². The Kier molecular flexibility index (Phi) is 4.26. The molecule has 0 bridgehead atoms. The van der Waals surface area contributed by atoms with Crippen molar-refractivity contribution in [3.63, 3.8) is 0 Å². The van der Waals surface area contributed by atoms with Gasteiger partial charge in [0.1, 0.15) is 0 Å². The van der Waals surface area contributed by atoms with E-state index in [-0.39, 0.29) is 23.3 Å². The van der Waals surface area contributed by atoms with Crippen molar-refractivity contribution in [3.05, 3.63) is 29.8 Å². The fourth-order valence-electron chi connectivity index (χ4n) is 1.33. The van der Waals surface area contributed by atoms with Gasteiger partial charge in [-0.3, -0.25) is 4.79 Å². The summed E-state index contributed by atoms with van der Waals surface area (Å²) in [6.45, 7) is 5.73. The number of amides is 1. The number of carboxylic acids is 1. The summed E-state index contributed by atoms with van der Waals surface area (Å²) in [6, 6.07) is 6.39. The average Bonchev–Trinajstić information content (AvgIpc) is 2.28. The van der Waals surface area contributed by atoms with Crippen molar-refractivity contribution < 1.29 is 14.7 Å². The first kappa shape index (κ1) is 13.2. The summed E-state index contributed by atoms with van der Waals surface area (Å²) < 4.78 is 0. The predicted molar refractivity (Wildman–Crippen MR) is 66.0 cm³/mol. The normalized spacial score (nSPS) is 12.2. The number of anilines is 1. The van der Waals surface area contributed by atoms with E-state index in [9.17, 15) is 9.59 Å². The lowest BCUT2D eigenvalue weighted by molar-refractivity contribution is -0.120. The molecule has 0 aliphatic rings. The van der Waals surface area contributed by atoms with Crippen LogP contribution in [0.4, 0.5) is 5.69 Å². The van der Waals surface area contributed by atoms with Gasteiger partial charge >= 0.3 is 5.97 Å². The lowest BCUT2D eigenvalue weighted by Crippen LogP contribution is -2.25. The van der Waals surface area contributed by atoms with Gasteiger partial charge in [-0.15, -0.1) is 0 Å². The summed E-state index contributed by atoms with van der Waals surface area (Å²) in [5, 5.41) is 11.6. The molecule has 0 aliphatic heterocycles. The zero-order valence-corrected chi connectivity index (χ0v) is 10.2. The van der Waals surface area contributed by atoms with Crippen LogP contribution < -0.4 is 5.32 Å². The zero-order chi connectivity index (χ0) is 13.0. The number of aromatic carboxylic acids is 1. The Morgan fingerprint density at radius 2 is 1.76 bits per heavy atom. The highest BCUT2D eigenvalue weighted by atomic mass is 16.4. The molecule has 0 spiro atoms. The third-order valence-electron chi connectivity index (χ3n) is 2.83. The van der Waals surface area contributed by atoms with Crippen LogP contribution in [0, 0.1) is 11.8 Å². The van der Waals surface area contributed by atoms with E-state index in [1.807, 2.05) is 20.8 Å². The molecule has 1 aromatic rings. The van der Waals surface area contributed by atoms with Crippen LogP contribution >= 0.6 is 0 Å². The molecule has 0 fully saturated rings. The van der Waals surface area contributed by atoms with Crippen LogP contribution in [0.3, 0.4) is 0 Å². The first-order valence-corrected chi connectivity index (χ1v) is 5.56. The lowest BCUT2D eigenvalue weighted by Gasteiger charge is -2.16. The number of nitrogens with one attached hydrogen (secondary N) is 1. The van der Waals surface area contributed by atoms with Crippen LogP contribution in [0.2, 0.25) is 0 Å². The molecule has 1 aromatic carbocycles. The number of benzene rings is 1. The minimum absolute atomic E-state index is 0.108. The monoisotopic (exact) mass is 235 g/mol. The number of hydrogen-bond acceptors (Lipinski definition) is 2. The molecule has 0 saturated carbocycles. The summed E-state index contributed by atoms with van der Waals surface area (Å²) in [7, 11) is 0. The second kappa shape index (κ2) is 5.48. The molecule has 0 radical (unpaired) electrons. The van der Waals surface area contributed by atoms with Crippen LogP contribution in [0.1, 0.15) is 31.1 Å². The average molecular weight is 235 g/mol. The summed E-state index contributed by atoms with van der Waals surface area (Å²) in [6.07, 6.45) is 0. The molecule has 1 rings (SSSR count). The number of carbonyl (C=O) groups is 2. The molecule has 0 heterocycles. The van der Waals surface area contributed by atoms with Crippen molar-refractivity contribution in [1.29, 1.82) is 0 Å². The van der Waals surface area contributed by atoms with Gasteiger partial charge in [-0.25, -0.2) is 4.79 Å². The van der Waals surface area contributed by atoms with Crippen LogP contribution in [0.25, 0.3) is 0 Å². The Balaban J connectivity index is 2.89. The van der Waals surface area contributed by atoms with Crippen molar-refractivity contribution in [1.82, 2.24) is 0 Å². The molecular weight excluding hydrogens is 218 g/mol. The first-order valence-electron chi connectivity index (χ1n) is 5.56. The van der Waals surface area contributed by atoms with Crippen molar-refractivity contribution in [2.24, 2.45) is 11.8 Å². The van der Waals surface area contributed by atoms with Crippen LogP contribution in [-0.4, -0.2) is 17.0 Å². The third-order valence-corrected chi connectivity index (χ3v) is 2.83. The maximum atomic E-state index is 11.8. The van der Waals surface area contributed by atoms with Crippen LogP contribution in [-0.2, 0) is 4.79 Å². The van der Waals surface area contributed by atoms with Gasteiger partial charge in [-0.05, 0) is 18.1 Å². The predicted octanol–water partition coefficient (Wildman–Crippen LogP) is 2.62. The molecule has 4 heteroatoms. The highest BCUT2D eigenvalue weighted by Gasteiger charge is 2.18. The Hall–Kier alpha value is -1.84. The topological polar surface area (TPSA) is 66.4 Å². The molecule has 1 atom stereocenters. The number of para-hydroxylation sites is 1. The summed E-state index contributed by atoms with van der Waals surface area (Å²) in [4.78, 5) is 22.8. The Morgan fingerprint density at radius 3 is 2.29 bits per heavy atom. The van der Waals surface area contributed by atoms with Crippen molar-refractivity contribution in [3.8, 4) is 0 Å². The van der Waals surface area contributed by atoms with E-state index in [0.29, 0.717) is 5.69 Å². The largest absolute Gasteiger partial charge is 0.478 e. The maximum Gasteiger partial charge on any atom is 0.337 e. The summed E-state index contributed by atoms with van der Waals surface area (Å²) in [5.74, 6) is -1.14. The van der Waals surface area contributed by atoms with Gasteiger partial charge < -0.3 is 10.4 Å². The molecule has 0 aromatic heterocycles. The van der Waals surface area contributed by atoms with E-state index in [4.69, 9.17) is 5.11 Å². The molecule has 2 N–H and O–H groups in total. The molecule has 0 saturated heterocycles. The van der Waals surface area contributed by atoms with E-state index in [0.717, 1.165) is 0 Å². The van der Waals surface area contributed by atoms with Crippen LogP contribution in [0.15, 0.2) is 24.3 Å². The van der Waals surface area contributed by atoms with E-state index >= 15 is 0 Å². The van der Waals surface area contributed by atoms with Crippen molar-refractivity contribution in [2.45, 2.75) is 20.8 Å². The standard InChI is InChI=1S/C13H17NO3/c1-8(2)9(3)12(15)14-11-7-5-4-6-10(11)13(16)17/h4-9H,1-3H3,(H,14,15)(H,16,17). The van der Waals surface area contributed by atoms with Crippen molar-refractivity contribution in [2.75, 3.05) is 5.32 Å². The van der Waals surface area contributed by atoms with Gasteiger partial charge in [0.25, 0.3) is 0 Å². The van der Waals surface area contributed by atoms with Crippen molar-refractivity contribution >= 4 is 17.6 Å². The van der Waals surface area contributed by atoms with Gasteiger partial charge in [-0.2, -0.15) is 0 Å². The second-order valence-electron chi connectivity index (χ2n) is 4.37. The first-order chi connectivity index (χ1) is 7.93. The number of rotatable bonds is 4. The Labute approximate surface area is 101 Å². The van der Waals surface area contributed by atoms with Crippen LogP contribution in [0.5, 0.6) is 0 Å². The van der Waals surface area contributed by atoms with Gasteiger partial charge in [-0.1, -0.05) is 32.9 Å². The Bertz CT molecular complexity index is 426. The van der Waals surface area contributed by atoms with Gasteiger partial charge in [0.05, 0.1) is 11.3 Å². The highest BCUT2D eigenvalue weighted by Crippen LogP contribution is 2.18. The molecule has 92 valence electrons. The smallest absolute Gasteiger partial charge is 0.337 e. The van der Waals surface area contributed by atoms with E-state index in [1.165, 1.54) is 6.07 Å². The molecule has 1 unspecified atom stereocenters. The summed E-state index contributed by atoms with van der Waals surface area (Å²) in [5.41, 5.74) is 0.453. The maximum absolute atomic E-state index is 11.8. The molecule has 17 heavy (non-hydrogen) atoms. The lowest BCUT2D eigenvalue weighted by atomic mass is 9.97. The zero-order valence-electron chi connectivity index (χ0n) is 10.2. The number of carbonyl (C=O) groups excluding carboxylic acids is 1. The summed E-state index contributed by atoms with van der Waals surface area (Å²) >= 11 is 0. The molecular formula is C13H17NO3. The molecule has 0 aliphatic carbocycles. The second-order valence-corrected chi connectivity index (χ2v) is 4.37. The number of hydrogen-bond donors (Lipinski definition) is 2. The Morgan fingerprint density at radius 1 is 1.18 bits per heavy atom. The molecule has 1 amide bonds. The fraction of sp³-hybridized carbons (Fsp3) is 0.385.